The van der Waals surface area contributed by atoms with Gasteiger partial charge in [0.2, 0.25) is 0 Å². The lowest BCUT2D eigenvalue weighted by molar-refractivity contribution is -0.148. The van der Waals surface area contributed by atoms with Crippen LogP contribution < -0.4 is 0 Å². The Balaban J connectivity index is 1.52. The average molecular weight is 388 g/mol. The van der Waals surface area contributed by atoms with Crippen molar-refractivity contribution >= 4 is 11.9 Å². The molecule has 0 N–H and O–H groups in total. The smallest absolute Gasteiger partial charge is 0.309 e. The van der Waals surface area contributed by atoms with Gasteiger partial charge in [0.1, 0.15) is 12.2 Å². The minimum atomic E-state index is -0.0404. The van der Waals surface area contributed by atoms with Gasteiger partial charge < -0.3 is 9.47 Å². The van der Waals surface area contributed by atoms with Gasteiger partial charge in [-0.1, -0.05) is 26.3 Å². The van der Waals surface area contributed by atoms with E-state index < -0.39 is 0 Å². The highest BCUT2D eigenvalue weighted by atomic mass is 16.6. The quantitative estimate of drug-likeness (QED) is 0.550. The zero-order valence-corrected chi connectivity index (χ0v) is 17.1. The van der Waals surface area contributed by atoms with Crippen LogP contribution in [0.2, 0.25) is 0 Å². The van der Waals surface area contributed by atoms with Crippen LogP contribution in [0.4, 0.5) is 0 Å². The standard InChI is InChI=1S/C23H33NO4/c1-4-7-15-14-8-5-6-9-24-17(18-10-12(2)22(25)27-18)11-16(20(14)24)19-13(3)23(26)28-21(15)19/h4,12-21H,1,5-11H2,2-3H3/t12-,13-,14+,15+,16+,17-,18-,19+,20+,21-/m0/s1. The summed E-state index contributed by atoms with van der Waals surface area (Å²) in [6.07, 6.45) is 8.49. The first-order valence-corrected chi connectivity index (χ1v) is 11.3. The van der Waals surface area contributed by atoms with Crippen molar-refractivity contribution in [1.29, 1.82) is 0 Å². The van der Waals surface area contributed by atoms with Crippen molar-refractivity contribution in [2.24, 2.45) is 35.5 Å². The van der Waals surface area contributed by atoms with Gasteiger partial charge in [0.25, 0.3) is 0 Å². The molecule has 10 atom stereocenters. The normalized spacial score (nSPS) is 50.5. The first-order valence-electron chi connectivity index (χ1n) is 11.3. The molecule has 0 aromatic heterocycles. The summed E-state index contributed by atoms with van der Waals surface area (Å²) in [5.41, 5.74) is 0. The van der Waals surface area contributed by atoms with Crippen molar-refractivity contribution in [2.75, 3.05) is 6.54 Å². The van der Waals surface area contributed by atoms with E-state index in [1.54, 1.807) is 0 Å². The Labute approximate surface area is 167 Å². The van der Waals surface area contributed by atoms with E-state index in [1.165, 1.54) is 19.3 Å². The molecular weight excluding hydrogens is 354 g/mol. The van der Waals surface area contributed by atoms with Crippen molar-refractivity contribution in [1.82, 2.24) is 4.90 Å². The van der Waals surface area contributed by atoms with E-state index in [2.05, 4.69) is 18.4 Å². The fourth-order valence-corrected chi connectivity index (χ4v) is 7.45. The van der Waals surface area contributed by atoms with Crippen LogP contribution in [-0.2, 0) is 19.1 Å². The lowest BCUT2D eigenvalue weighted by atomic mass is 9.60. The van der Waals surface area contributed by atoms with Crippen LogP contribution in [-0.4, -0.2) is 47.7 Å². The van der Waals surface area contributed by atoms with Crippen molar-refractivity contribution in [3.8, 4) is 0 Å². The molecule has 4 saturated heterocycles. The van der Waals surface area contributed by atoms with Gasteiger partial charge in [-0.3, -0.25) is 14.5 Å². The third-order valence-corrected chi connectivity index (χ3v) is 8.57. The third-order valence-electron chi connectivity index (χ3n) is 8.57. The van der Waals surface area contributed by atoms with Gasteiger partial charge in [0, 0.05) is 23.9 Å². The summed E-state index contributed by atoms with van der Waals surface area (Å²) in [7, 11) is 0. The largest absolute Gasteiger partial charge is 0.462 e. The van der Waals surface area contributed by atoms with Gasteiger partial charge in [-0.05, 0) is 50.5 Å². The van der Waals surface area contributed by atoms with Gasteiger partial charge in [-0.25, -0.2) is 0 Å². The molecule has 5 aliphatic rings. The van der Waals surface area contributed by atoms with E-state index in [9.17, 15) is 9.59 Å². The van der Waals surface area contributed by atoms with Crippen molar-refractivity contribution in [2.45, 2.75) is 76.7 Å². The van der Waals surface area contributed by atoms with Crippen LogP contribution in [0.5, 0.6) is 0 Å². The van der Waals surface area contributed by atoms with Crippen molar-refractivity contribution in [3.05, 3.63) is 12.7 Å². The second-order valence-electron chi connectivity index (χ2n) is 9.92. The fourth-order valence-electron chi connectivity index (χ4n) is 7.45. The van der Waals surface area contributed by atoms with E-state index in [-0.39, 0.29) is 36.0 Å². The molecule has 4 aliphatic heterocycles. The molecule has 4 heterocycles. The van der Waals surface area contributed by atoms with E-state index in [0.29, 0.717) is 35.8 Å². The van der Waals surface area contributed by atoms with Gasteiger partial charge in [0.05, 0.1) is 11.8 Å². The molecule has 5 nitrogen and oxygen atoms in total. The molecule has 1 aliphatic carbocycles. The van der Waals surface area contributed by atoms with Crippen LogP contribution in [0.15, 0.2) is 12.7 Å². The minimum absolute atomic E-state index is 0.00646. The number of hydrogen-bond acceptors (Lipinski definition) is 5. The molecule has 1 saturated carbocycles. The number of carbonyl (C=O) groups excluding carboxylic acids is 2. The third kappa shape index (κ3) is 2.61. The van der Waals surface area contributed by atoms with Crippen LogP contribution in [0.3, 0.4) is 0 Å². The number of carbonyl (C=O) groups is 2. The highest BCUT2D eigenvalue weighted by Gasteiger charge is 2.63. The number of nitrogens with zero attached hydrogens (tertiary/aromatic N) is 1. The fraction of sp³-hybridized carbons (Fsp3) is 0.826. The number of cyclic esters (lactones) is 1. The first kappa shape index (κ1) is 18.7. The molecule has 0 aromatic carbocycles. The van der Waals surface area contributed by atoms with E-state index in [1.807, 2.05) is 13.0 Å². The number of esters is 2. The summed E-state index contributed by atoms with van der Waals surface area (Å²) >= 11 is 0. The summed E-state index contributed by atoms with van der Waals surface area (Å²) in [6, 6.07) is 0.792. The highest BCUT2D eigenvalue weighted by Crippen LogP contribution is 2.57. The molecule has 0 unspecified atom stereocenters. The van der Waals surface area contributed by atoms with E-state index in [4.69, 9.17) is 9.47 Å². The van der Waals surface area contributed by atoms with Crippen LogP contribution >= 0.6 is 0 Å². The van der Waals surface area contributed by atoms with Crippen LogP contribution in [0.1, 0.15) is 52.4 Å². The van der Waals surface area contributed by atoms with Gasteiger partial charge in [-0.15, -0.1) is 6.58 Å². The minimum Gasteiger partial charge on any atom is -0.462 e. The monoisotopic (exact) mass is 387 g/mol. The molecule has 0 amide bonds. The zero-order chi connectivity index (χ0) is 19.6. The molecule has 0 radical (unpaired) electrons. The highest BCUT2D eigenvalue weighted by molar-refractivity contribution is 5.75. The van der Waals surface area contributed by atoms with E-state index >= 15 is 0 Å². The second-order valence-corrected chi connectivity index (χ2v) is 9.92. The molecule has 0 spiro atoms. The Bertz CT molecular complexity index is 678. The lowest BCUT2D eigenvalue weighted by Gasteiger charge is -2.48. The molecule has 5 rings (SSSR count). The van der Waals surface area contributed by atoms with Crippen molar-refractivity contribution in [3.63, 3.8) is 0 Å². The van der Waals surface area contributed by atoms with Gasteiger partial charge in [0.15, 0.2) is 0 Å². The molecular formula is C23H33NO4. The average Bonchev–Trinajstić information content (AvgIpc) is 3.22. The summed E-state index contributed by atoms with van der Waals surface area (Å²) in [5.74, 6) is 1.60. The summed E-state index contributed by atoms with van der Waals surface area (Å²) in [4.78, 5) is 27.3. The Morgan fingerprint density at radius 3 is 2.64 bits per heavy atom. The predicted molar refractivity (Wildman–Crippen MR) is 104 cm³/mol. The first-order chi connectivity index (χ1) is 13.5. The Hall–Kier alpha value is -1.36. The Kier molecular flexibility index (Phi) is 4.57. The van der Waals surface area contributed by atoms with Gasteiger partial charge in [-0.2, -0.15) is 0 Å². The predicted octanol–water partition coefficient (Wildman–Crippen LogP) is 3.18. The SMILES string of the molecule is C=CC[C@@H]1[C@H]2CCCCN3[C@H]2[C@H](C[C@H]3[C@@H]2C[C@H](C)C(=O)O2)[C@@H]2[C@H]1OC(=O)[C@H]2C. The lowest BCUT2D eigenvalue weighted by Crippen LogP contribution is -2.54. The number of ether oxygens (including phenoxy) is 2. The van der Waals surface area contributed by atoms with Crippen LogP contribution in [0, 0.1) is 35.5 Å². The zero-order valence-electron chi connectivity index (χ0n) is 17.1. The maximum absolute atomic E-state index is 12.5. The topological polar surface area (TPSA) is 55.8 Å². The van der Waals surface area contributed by atoms with Crippen LogP contribution in [0.25, 0.3) is 0 Å². The summed E-state index contributed by atoms with van der Waals surface area (Å²) < 4.78 is 11.8. The number of fused-ring (bicyclic) bond motifs is 2. The molecule has 5 fully saturated rings. The molecule has 0 aromatic rings. The molecule has 28 heavy (non-hydrogen) atoms. The maximum Gasteiger partial charge on any atom is 0.309 e. The number of hydrogen-bond donors (Lipinski definition) is 0. The Morgan fingerprint density at radius 2 is 1.93 bits per heavy atom. The summed E-state index contributed by atoms with van der Waals surface area (Å²) in [5, 5.41) is 0. The second kappa shape index (κ2) is 6.86. The molecule has 0 bridgehead atoms. The summed E-state index contributed by atoms with van der Waals surface area (Å²) in [6.45, 7) is 9.14. The number of rotatable bonds is 3. The molecule has 5 heteroatoms. The number of allylic oxidation sites excluding steroid dienone is 1. The maximum atomic E-state index is 12.5. The van der Waals surface area contributed by atoms with E-state index in [0.717, 1.165) is 25.8 Å². The van der Waals surface area contributed by atoms with Gasteiger partial charge >= 0.3 is 11.9 Å². The Morgan fingerprint density at radius 1 is 1.11 bits per heavy atom. The molecule has 154 valence electrons. The van der Waals surface area contributed by atoms with Crippen molar-refractivity contribution < 1.29 is 19.1 Å².